The van der Waals surface area contributed by atoms with Gasteiger partial charge < -0.3 is 4.90 Å². The largest absolute Gasteiger partial charge is 0.390 e. The van der Waals surface area contributed by atoms with Crippen LogP contribution >= 0.6 is 15.9 Å². The van der Waals surface area contributed by atoms with Gasteiger partial charge in [0.1, 0.15) is 0 Å². The lowest BCUT2D eigenvalue weighted by Crippen LogP contribution is -2.30. The van der Waals surface area contributed by atoms with Crippen LogP contribution in [0.5, 0.6) is 0 Å². The number of halogens is 4. The Morgan fingerprint density at radius 3 is 2.28 bits per heavy atom. The molecule has 0 aliphatic heterocycles. The van der Waals surface area contributed by atoms with Gasteiger partial charge in [0.05, 0.1) is 6.42 Å². The minimum atomic E-state index is -4.24. The summed E-state index contributed by atoms with van der Waals surface area (Å²) in [6.45, 7) is -0.331. The van der Waals surface area contributed by atoms with E-state index in [1.807, 2.05) is 0 Å². The van der Waals surface area contributed by atoms with Crippen molar-refractivity contribution in [2.75, 3.05) is 13.6 Å². The molecule has 0 heterocycles. The first-order valence-corrected chi connectivity index (χ1v) is 6.43. The van der Waals surface area contributed by atoms with Crippen molar-refractivity contribution in [2.24, 2.45) is 0 Å². The van der Waals surface area contributed by atoms with Gasteiger partial charge in [-0.2, -0.15) is 13.2 Å². The van der Waals surface area contributed by atoms with Crippen LogP contribution in [0.4, 0.5) is 13.2 Å². The van der Waals surface area contributed by atoms with E-state index in [9.17, 15) is 18.0 Å². The quantitative estimate of drug-likeness (QED) is 0.775. The number of amides is 1. The molecular weight excluding hydrogens is 311 g/mol. The zero-order chi connectivity index (χ0) is 13.8. The molecule has 0 saturated carbocycles. The van der Waals surface area contributed by atoms with Crippen molar-refractivity contribution in [3.63, 3.8) is 0 Å². The molecule has 0 unspecified atom stereocenters. The zero-order valence-corrected chi connectivity index (χ0v) is 11.4. The minimum Gasteiger partial charge on any atom is -0.341 e. The molecule has 0 aromatic heterocycles. The van der Waals surface area contributed by atoms with Gasteiger partial charge in [-0.25, -0.2) is 0 Å². The summed E-state index contributed by atoms with van der Waals surface area (Å²) in [6.07, 6.45) is -5.23. The van der Waals surface area contributed by atoms with E-state index in [4.69, 9.17) is 0 Å². The summed E-state index contributed by atoms with van der Waals surface area (Å²) in [4.78, 5) is 12.9. The van der Waals surface area contributed by atoms with E-state index in [2.05, 4.69) is 15.9 Å². The number of hydrogen-bond acceptors (Lipinski definition) is 1. The Kier molecular flexibility index (Phi) is 5.19. The molecule has 18 heavy (non-hydrogen) atoms. The van der Waals surface area contributed by atoms with E-state index in [-0.39, 0.29) is 6.54 Å². The fraction of sp³-hybridized carbons (Fsp3) is 0.417. The Balaban J connectivity index is 2.62. The molecular formula is C12H13BrF3NO. The molecule has 0 bridgehead atoms. The molecule has 0 aliphatic rings. The summed E-state index contributed by atoms with van der Waals surface area (Å²) >= 11 is 3.27. The topological polar surface area (TPSA) is 20.3 Å². The van der Waals surface area contributed by atoms with Crippen LogP contribution in [-0.4, -0.2) is 30.6 Å². The standard InChI is InChI=1S/C12H13BrF3NO/c1-17(7-6-12(14,15)16)11(18)10-4-2-9(8-13)3-5-10/h2-5H,6-8H2,1H3. The van der Waals surface area contributed by atoms with E-state index in [1.54, 1.807) is 24.3 Å². The predicted molar refractivity (Wildman–Crippen MR) is 66.7 cm³/mol. The predicted octanol–water partition coefficient (Wildman–Crippen LogP) is 3.61. The van der Waals surface area contributed by atoms with Gasteiger partial charge in [-0.3, -0.25) is 4.79 Å². The summed E-state index contributed by atoms with van der Waals surface area (Å²) < 4.78 is 36.1. The molecule has 2 nitrogen and oxygen atoms in total. The lowest BCUT2D eigenvalue weighted by molar-refractivity contribution is -0.136. The Bertz CT molecular complexity index is 403. The number of alkyl halides is 4. The number of benzene rings is 1. The molecule has 0 fully saturated rings. The highest BCUT2D eigenvalue weighted by atomic mass is 79.9. The molecule has 1 amide bonds. The molecule has 1 aromatic carbocycles. The zero-order valence-electron chi connectivity index (χ0n) is 9.80. The third-order valence-corrected chi connectivity index (χ3v) is 3.08. The van der Waals surface area contributed by atoms with Gasteiger partial charge in [0.2, 0.25) is 0 Å². The van der Waals surface area contributed by atoms with Crippen molar-refractivity contribution in [3.05, 3.63) is 35.4 Å². The van der Waals surface area contributed by atoms with Gasteiger partial charge in [-0.15, -0.1) is 0 Å². The van der Waals surface area contributed by atoms with E-state index in [0.717, 1.165) is 10.5 Å². The first kappa shape index (κ1) is 15.0. The average Bonchev–Trinajstić information content (AvgIpc) is 2.34. The molecule has 0 N–H and O–H groups in total. The van der Waals surface area contributed by atoms with Crippen molar-refractivity contribution in [1.29, 1.82) is 0 Å². The normalized spacial score (nSPS) is 11.4. The first-order valence-electron chi connectivity index (χ1n) is 5.30. The van der Waals surface area contributed by atoms with Crippen LogP contribution in [0.25, 0.3) is 0 Å². The monoisotopic (exact) mass is 323 g/mol. The number of hydrogen-bond donors (Lipinski definition) is 0. The van der Waals surface area contributed by atoms with Crippen LogP contribution in [0.2, 0.25) is 0 Å². The average molecular weight is 324 g/mol. The second kappa shape index (κ2) is 6.22. The van der Waals surface area contributed by atoms with Crippen LogP contribution < -0.4 is 0 Å². The van der Waals surface area contributed by atoms with Gasteiger partial charge in [0.25, 0.3) is 5.91 Å². The molecule has 6 heteroatoms. The Labute approximate surface area is 112 Å². The smallest absolute Gasteiger partial charge is 0.341 e. The van der Waals surface area contributed by atoms with E-state index in [0.29, 0.717) is 10.9 Å². The number of carbonyl (C=O) groups is 1. The third-order valence-electron chi connectivity index (χ3n) is 2.43. The third kappa shape index (κ3) is 4.68. The highest BCUT2D eigenvalue weighted by molar-refractivity contribution is 9.08. The van der Waals surface area contributed by atoms with Crippen LogP contribution in [0, 0.1) is 0 Å². The second-order valence-corrected chi connectivity index (χ2v) is 4.48. The van der Waals surface area contributed by atoms with E-state index >= 15 is 0 Å². The second-order valence-electron chi connectivity index (χ2n) is 3.92. The van der Waals surface area contributed by atoms with Gasteiger partial charge >= 0.3 is 6.18 Å². The molecule has 0 aliphatic carbocycles. The minimum absolute atomic E-state index is 0.331. The van der Waals surface area contributed by atoms with Crippen molar-refractivity contribution >= 4 is 21.8 Å². The van der Waals surface area contributed by atoms with Crippen molar-refractivity contribution in [2.45, 2.75) is 17.9 Å². The summed E-state index contributed by atoms with van der Waals surface area (Å²) in [7, 11) is 1.37. The van der Waals surface area contributed by atoms with Gasteiger partial charge in [-0.05, 0) is 17.7 Å². The van der Waals surface area contributed by atoms with Gasteiger partial charge in [0.15, 0.2) is 0 Å². The SMILES string of the molecule is CN(CCC(F)(F)F)C(=O)c1ccc(CBr)cc1. The lowest BCUT2D eigenvalue weighted by atomic mass is 10.1. The molecule has 0 atom stereocenters. The van der Waals surface area contributed by atoms with Crippen LogP contribution in [0.3, 0.4) is 0 Å². The van der Waals surface area contributed by atoms with Gasteiger partial charge in [-0.1, -0.05) is 28.1 Å². The molecule has 0 radical (unpaired) electrons. The molecule has 0 spiro atoms. The van der Waals surface area contributed by atoms with Crippen LogP contribution in [0.1, 0.15) is 22.3 Å². The molecule has 0 saturated heterocycles. The maximum Gasteiger partial charge on any atom is 0.390 e. The lowest BCUT2D eigenvalue weighted by Gasteiger charge is -2.18. The van der Waals surface area contributed by atoms with E-state index in [1.165, 1.54) is 7.05 Å². The van der Waals surface area contributed by atoms with Crippen LogP contribution in [0.15, 0.2) is 24.3 Å². The van der Waals surface area contributed by atoms with E-state index < -0.39 is 18.5 Å². The Hall–Kier alpha value is -1.04. The fourth-order valence-corrected chi connectivity index (χ4v) is 1.73. The maximum absolute atomic E-state index is 12.0. The highest BCUT2D eigenvalue weighted by Crippen LogP contribution is 2.20. The summed E-state index contributed by atoms with van der Waals surface area (Å²) in [6, 6.07) is 6.76. The fourth-order valence-electron chi connectivity index (χ4n) is 1.35. The Morgan fingerprint density at radius 2 is 1.83 bits per heavy atom. The van der Waals surface area contributed by atoms with Crippen molar-refractivity contribution < 1.29 is 18.0 Å². The molecule has 1 rings (SSSR count). The number of rotatable bonds is 4. The summed E-state index contributed by atoms with van der Waals surface area (Å²) in [5.74, 6) is -0.402. The molecule has 100 valence electrons. The van der Waals surface area contributed by atoms with Crippen molar-refractivity contribution in [1.82, 2.24) is 4.90 Å². The molecule has 1 aromatic rings. The van der Waals surface area contributed by atoms with Crippen LogP contribution in [-0.2, 0) is 5.33 Å². The Morgan fingerprint density at radius 1 is 1.28 bits per heavy atom. The summed E-state index contributed by atoms with van der Waals surface area (Å²) in [5.41, 5.74) is 1.40. The van der Waals surface area contributed by atoms with Gasteiger partial charge in [0, 0.05) is 24.5 Å². The first-order chi connectivity index (χ1) is 8.33. The summed E-state index contributed by atoms with van der Waals surface area (Å²) in [5, 5.41) is 0.672. The number of carbonyl (C=O) groups excluding carboxylic acids is 1. The van der Waals surface area contributed by atoms with Crippen molar-refractivity contribution in [3.8, 4) is 0 Å². The maximum atomic E-state index is 12.0. The highest BCUT2D eigenvalue weighted by Gasteiger charge is 2.28. The number of nitrogens with zero attached hydrogens (tertiary/aromatic N) is 1.